The Morgan fingerprint density at radius 1 is 1.54 bits per heavy atom. The van der Waals surface area contributed by atoms with Gasteiger partial charge in [0.15, 0.2) is 0 Å². The second-order valence-corrected chi connectivity index (χ2v) is 3.76. The molecule has 72 valence electrons. The Morgan fingerprint density at radius 2 is 2.15 bits per heavy atom. The van der Waals surface area contributed by atoms with Gasteiger partial charge in [0, 0.05) is 17.9 Å². The molecule has 0 aromatic carbocycles. The SMILES string of the molecule is CCC(C)(C)n1cc(B(O)O)cn1. The zero-order valence-corrected chi connectivity index (χ0v) is 8.23. The van der Waals surface area contributed by atoms with Crippen molar-refractivity contribution < 1.29 is 10.0 Å². The molecule has 4 nitrogen and oxygen atoms in total. The molecule has 0 atom stereocenters. The molecule has 0 radical (unpaired) electrons. The molecule has 0 saturated heterocycles. The molecule has 5 heteroatoms. The summed E-state index contributed by atoms with van der Waals surface area (Å²) >= 11 is 0. The van der Waals surface area contributed by atoms with Crippen molar-refractivity contribution in [3.8, 4) is 0 Å². The van der Waals surface area contributed by atoms with Crippen LogP contribution in [-0.2, 0) is 5.54 Å². The summed E-state index contributed by atoms with van der Waals surface area (Å²) in [4.78, 5) is 0. The summed E-state index contributed by atoms with van der Waals surface area (Å²) in [6, 6.07) is 0. The number of hydrogen-bond acceptors (Lipinski definition) is 3. The lowest BCUT2D eigenvalue weighted by Crippen LogP contribution is -2.30. The van der Waals surface area contributed by atoms with Gasteiger partial charge in [-0.2, -0.15) is 5.10 Å². The van der Waals surface area contributed by atoms with E-state index >= 15 is 0 Å². The van der Waals surface area contributed by atoms with Crippen molar-refractivity contribution in [1.29, 1.82) is 0 Å². The molecule has 0 spiro atoms. The molecule has 13 heavy (non-hydrogen) atoms. The molecule has 0 fully saturated rings. The highest BCUT2D eigenvalue weighted by molar-refractivity contribution is 6.58. The lowest BCUT2D eigenvalue weighted by Gasteiger charge is -2.23. The molecule has 0 unspecified atom stereocenters. The Labute approximate surface area is 78.3 Å². The summed E-state index contributed by atoms with van der Waals surface area (Å²) < 4.78 is 1.75. The van der Waals surface area contributed by atoms with Gasteiger partial charge in [-0.25, -0.2) is 0 Å². The molecule has 1 aromatic heterocycles. The van der Waals surface area contributed by atoms with Crippen molar-refractivity contribution >= 4 is 12.6 Å². The predicted molar refractivity (Wildman–Crippen MR) is 51.7 cm³/mol. The van der Waals surface area contributed by atoms with Crippen molar-refractivity contribution in [3.05, 3.63) is 12.4 Å². The van der Waals surface area contributed by atoms with E-state index in [1.165, 1.54) is 6.20 Å². The fraction of sp³-hybridized carbons (Fsp3) is 0.625. The minimum absolute atomic E-state index is 0.0762. The van der Waals surface area contributed by atoms with Crippen LogP contribution in [0.25, 0.3) is 0 Å². The van der Waals surface area contributed by atoms with Crippen LogP contribution in [0.4, 0.5) is 0 Å². The molecule has 0 aliphatic heterocycles. The van der Waals surface area contributed by atoms with E-state index in [4.69, 9.17) is 10.0 Å². The van der Waals surface area contributed by atoms with Crippen LogP contribution in [-0.4, -0.2) is 26.9 Å². The quantitative estimate of drug-likeness (QED) is 0.631. The number of aromatic nitrogens is 2. The lowest BCUT2D eigenvalue weighted by atomic mass is 9.83. The standard InChI is InChI=1S/C8H15BN2O2/c1-4-8(2,3)11-6-7(5-10-11)9(12)13/h5-6,12-13H,4H2,1-3H3. The molecule has 1 heterocycles. The summed E-state index contributed by atoms with van der Waals surface area (Å²) in [5.41, 5.74) is 0.356. The van der Waals surface area contributed by atoms with Crippen molar-refractivity contribution in [3.63, 3.8) is 0 Å². The Bertz CT molecular complexity index is 283. The minimum atomic E-state index is -1.43. The Kier molecular flexibility index (Phi) is 2.78. The second kappa shape index (κ2) is 3.51. The van der Waals surface area contributed by atoms with Crippen LogP contribution in [0.1, 0.15) is 27.2 Å². The fourth-order valence-corrected chi connectivity index (χ4v) is 0.963. The van der Waals surface area contributed by atoms with Crippen molar-refractivity contribution in [2.45, 2.75) is 32.7 Å². The van der Waals surface area contributed by atoms with Gasteiger partial charge in [0.1, 0.15) is 0 Å². The zero-order valence-electron chi connectivity index (χ0n) is 8.23. The van der Waals surface area contributed by atoms with E-state index in [-0.39, 0.29) is 5.54 Å². The summed E-state index contributed by atoms with van der Waals surface area (Å²) in [6.07, 6.45) is 4.08. The molecule has 0 amide bonds. The summed E-state index contributed by atoms with van der Waals surface area (Å²) in [7, 11) is -1.43. The molecule has 0 aliphatic carbocycles. The summed E-state index contributed by atoms with van der Waals surface area (Å²) in [5, 5.41) is 21.8. The van der Waals surface area contributed by atoms with Crippen LogP contribution in [0, 0.1) is 0 Å². The van der Waals surface area contributed by atoms with Gasteiger partial charge < -0.3 is 10.0 Å². The summed E-state index contributed by atoms with van der Waals surface area (Å²) in [6.45, 7) is 6.16. The number of nitrogens with zero attached hydrogens (tertiary/aromatic N) is 2. The predicted octanol–water partition coefficient (Wildman–Crippen LogP) is -0.292. The monoisotopic (exact) mass is 182 g/mol. The minimum Gasteiger partial charge on any atom is -0.423 e. The van der Waals surface area contributed by atoms with Crippen LogP contribution in [0.5, 0.6) is 0 Å². The van der Waals surface area contributed by atoms with Gasteiger partial charge in [0.2, 0.25) is 0 Å². The first-order valence-corrected chi connectivity index (χ1v) is 4.38. The van der Waals surface area contributed by atoms with E-state index in [0.717, 1.165) is 6.42 Å². The van der Waals surface area contributed by atoms with Crippen molar-refractivity contribution in [2.24, 2.45) is 0 Å². The van der Waals surface area contributed by atoms with Crippen LogP contribution in [0.2, 0.25) is 0 Å². The summed E-state index contributed by atoms with van der Waals surface area (Å²) in [5.74, 6) is 0. The van der Waals surface area contributed by atoms with Crippen LogP contribution >= 0.6 is 0 Å². The van der Waals surface area contributed by atoms with Crippen LogP contribution < -0.4 is 5.46 Å². The van der Waals surface area contributed by atoms with Crippen molar-refractivity contribution in [2.75, 3.05) is 0 Å². The van der Waals surface area contributed by atoms with Gasteiger partial charge in [-0.05, 0) is 20.3 Å². The third-order valence-corrected chi connectivity index (χ3v) is 2.39. The van der Waals surface area contributed by atoms with Gasteiger partial charge in [-0.3, -0.25) is 4.68 Å². The maximum atomic E-state index is 8.88. The van der Waals surface area contributed by atoms with Crippen LogP contribution in [0.15, 0.2) is 12.4 Å². The topological polar surface area (TPSA) is 58.3 Å². The first-order chi connectivity index (χ1) is 5.97. The van der Waals surface area contributed by atoms with E-state index in [9.17, 15) is 0 Å². The van der Waals surface area contributed by atoms with Gasteiger partial charge in [-0.1, -0.05) is 6.92 Å². The molecule has 0 bridgehead atoms. The first-order valence-electron chi connectivity index (χ1n) is 4.38. The molecule has 1 aromatic rings. The largest absolute Gasteiger partial charge is 0.491 e. The third-order valence-electron chi connectivity index (χ3n) is 2.39. The number of hydrogen-bond donors (Lipinski definition) is 2. The maximum Gasteiger partial charge on any atom is 0.491 e. The molecule has 2 N–H and O–H groups in total. The highest BCUT2D eigenvalue weighted by Crippen LogP contribution is 2.16. The van der Waals surface area contributed by atoms with Crippen molar-refractivity contribution in [1.82, 2.24) is 9.78 Å². The van der Waals surface area contributed by atoms with Gasteiger partial charge in [0.05, 0.1) is 5.54 Å². The molecule has 0 saturated carbocycles. The fourth-order valence-electron chi connectivity index (χ4n) is 0.963. The van der Waals surface area contributed by atoms with E-state index in [2.05, 4.69) is 12.0 Å². The van der Waals surface area contributed by atoms with E-state index < -0.39 is 7.12 Å². The van der Waals surface area contributed by atoms with E-state index in [1.54, 1.807) is 10.9 Å². The average molecular weight is 182 g/mol. The smallest absolute Gasteiger partial charge is 0.423 e. The van der Waals surface area contributed by atoms with Gasteiger partial charge in [-0.15, -0.1) is 0 Å². The average Bonchev–Trinajstić information content (AvgIpc) is 2.52. The van der Waals surface area contributed by atoms with E-state index in [0.29, 0.717) is 5.46 Å². The lowest BCUT2D eigenvalue weighted by molar-refractivity contribution is 0.308. The van der Waals surface area contributed by atoms with Gasteiger partial charge >= 0.3 is 7.12 Å². The van der Waals surface area contributed by atoms with E-state index in [1.807, 2.05) is 13.8 Å². The zero-order chi connectivity index (χ0) is 10.1. The first kappa shape index (κ1) is 10.3. The molecular formula is C8H15BN2O2. The molecule has 0 aliphatic rings. The second-order valence-electron chi connectivity index (χ2n) is 3.76. The highest BCUT2D eigenvalue weighted by Gasteiger charge is 2.21. The highest BCUT2D eigenvalue weighted by atomic mass is 16.4. The third kappa shape index (κ3) is 2.11. The number of rotatable bonds is 3. The van der Waals surface area contributed by atoms with Gasteiger partial charge in [0.25, 0.3) is 0 Å². The Balaban J connectivity index is 2.91. The maximum absolute atomic E-state index is 8.88. The normalized spacial score (nSPS) is 11.8. The molecular weight excluding hydrogens is 167 g/mol. The van der Waals surface area contributed by atoms with Crippen LogP contribution in [0.3, 0.4) is 0 Å². The molecule has 1 rings (SSSR count). The Morgan fingerprint density at radius 3 is 2.54 bits per heavy atom. The Hall–Kier alpha value is -0.805.